The Labute approximate surface area is 164 Å². The van der Waals surface area contributed by atoms with E-state index in [9.17, 15) is 4.79 Å². The van der Waals surface area contributed by atoms with Gasteiger partial charge >= 0.3 is 0 Å². The van der Waals surface area contributed by atoms with Crippen LogP contribution < -0.4 is 4.90 Å². The molecule has 0 N–H and O–H groups in total. The molecule has 0 atom stereocenters. The molecule has 4 rings (SSSR count). The predicted molar refractivity (Wildman–Crippen MR) is 113 cm³/mol. The van der Waals surface area contributed by atoms with Crippen LogP contribution >= 0.6 is 11.3 Å². The van der Waals surface area contributed by atoms with Crippen LogP contribution in [-0.2, 0) is 6.42 Å². The van der Waals surface area contributed by atoms with E-state index in [0.29, 0.717) is 0 Å². The van der Waals surface area contributed by atoms with Gasteiger partial charge in [-0.05, 0) is 49.6 Å². The average Bonchev–Trinajstić information content (AvgIpc) is 3.12. The normalized spacial score (nSPS) is 14.8. The SMILES string of the molecule is CCc1ccc2nc(N3CCN(C(=O)c4cc(C)ccc4C)CC3)sc2c1. The second-order valence-electron chi connectivity index (χ2n) is 7.25. The summed E-state index contributed by atoms with van der Waals surface area (Å²) in [6, 6.07) is 12.6. The molecule has 0 aliphatic carbocycles. The Morgan fingerprint density at radius 3 is 2.59 bits per heavy atom. The fourth-order valence-electron chi connectivity index (χ4n) is 3.55. The lowest BCUT2D eigenvalue weighted by atomic mass is 10.0. The summed E-state index contributed by atoms with van der Waals surface area (Å²) in [4.78, 5) is 22.0. The van der Waals surface area contributed by atoms with Crippen molar-refractivity contribution in [3.8, 4) is 0 Å². The molecule has 5 heteroatoms. The minimum Gasteiger partial charge on any atom is -0.345 e. The summed E-state index contributed by atoms with van der Waals surface area (Å²) in [6.07, 6.45) is 1.04. The molecule has 140 valence electrons. The van der Waals surface area contributed by atoms with Crippen LogP contribution in [-0.4, -0.2) is 42.0 Å². The number of benzene rings is 2. The smallest absolute Gasteiger partial charge is 0.254 e. The third kappa shape index (κ3) is 3.56. The van der Waals surface area contributed by atoms with Crippen LogP contribution in [0.4, 0.5) is 5.13 Å². The predicted octanol–water partition coefficient (Wildman–Crippen LogP) is 4.44. The van der Waals surface area contributed by atoms with Crippen molar-refractivity contribution in [2.75, 3.05) is 31.1 Å². The zero-order chi connectivity index (χ0) is 19.0. The largest absolute Gasteiger partial charge is 0.345 e. The number of aromatic nitrogens is 1. The second-order valence-corrected chi connectivity index (χ2v) is 8.26. The number of carbonyl (C=O) groups is 1. The number of hydrogen-bond donors (Lipinski definition) is 0. The van der Waals surface area contributed by atoms with Crippen LogP contribution in [0.15, 0.2) is 36.4 Å². The molecule has 0 saturated carbocycles. The number of anilines is 1. The van der Waals surface area contributed by atoms with E-state index in [1.807, 2.05) is 30.9 Å². The van der Waals surface area contributed by atoms with Gasteiger partial charge in [-0.25, -0.2) is 4.98 Å². The van der Waals surface area contributed by atoms with E-state index >= 15 is 0 Å². The van der Waals surface area contributed by atoms with E-state index in [2.05, 4.69) is 36.1 Å². The number of amides is 1. The van der Waals surface area contributed by atoms with Crippen molar-refractivity contribution >= 4 is 32.6 Å². The van der Waals surface area contributed by atoms with Crippen LogP contribution in [0.1, 0.15) is 34.0 Å². The molecule has 1 aromatic heterocycles. The molecule has 0 spiro atoms. The first-order chi connectivity index (χ1) is 13.0. The summed E-state index contributed by atoms with van der Waals surface area (Å²) in [5, 5.41) is 1.07. The Morgan fingerprint density at radius 2 is 1.85 bits per heavy atom. The molecule has 1 saturated heterocycles. The van der Waals surface area contributed by atoms with Crippen molar-refractivity contribution < 1.29 is 4.79 Å². The lowest BCUT2D eigenvalue weighted by Crippen LogP contribution is -2.48. The maximum Gasteiger partial charge on any atom is 0.254 e. The molecule has 2 heterocycles. The van der Waals surface area contributed by atoms with E-state index in [1.165, 1.54) is 10.3 Å². The molecule has 27 heavy (non-hydrogen) atoms. The molecule has 0 bridgehead atoms. The minimum atomic E-state index is 0.146. The standard InChI is InChI=1S/C22H25N3OS/c1-4-17-7-8-19-20(14-17)27-22(23-19)25-11-9-24(10-12-25)21(26)18-13-15(2)5-6-16(18)3/h5-8,13-14H,4,9-12H2,1-3H3. The van der Waals surface area contributed by atoms with Gasteiger partial charge in [0.1, 0.15) is 0 Å². The van der Waals surface area contributed by atoms with E-state index in [1.54, 1.807) is 11.3 Å². The Morgan fingerprint density at radius 1 is 1.07 bits per heavy atom. The average molecular weight is 380 g/mol. The highest BCUT2D eigenvalue weighted by molar-refractivity contribution is 7.22. The van der Waals surface area contributed by atoms with Gasteiger partial charge in [0.05, 0.1) is 10.2 Å². The fourth-order valence-corrected chi connectivity index (χ4v) is 4.63. The van der Waals surface area contributed by atoms with Gasteiger partial charge in [0, 0.05) is 31.7 Å². The maximum absolute atomic E-state index is 12.9. The van der Waals surface area contributed by atoms with E-state index in [0.717, 1.165) is 59.9 Å². The van der Waals surface area contributed by atoms with Gasteiger partial charge in [0.25, 0.3) is 5.91 Å². The Hall–Kier alpha value is -2.40. The molecule has 1 aliphatic rings. The molecule has 2 aromatic carbocycles. The number of fused-ring (bicyclic) bond motifs is 1. The van der Waals surface area contributed by atoms with Crippen LogP contribution in [0.25, 0.3) is 10.2 Å². The fraction of sp³-hybridized carbons (Fsp3) is 0.364. The monoisotopic (exact) mass is 379 g/mol. The molecule has 4 nitrogen and oxygen atoms in total. The van der Waals surface area contributed by atoms with Crippen molar-refractivity contribution in [3.05, 3.63) is 58.7 Å². The number of thiazole rings is 1. The second kappa shape index (κ2) is 7.31. The van der Waals surface area contributed by atoms with E-state index in [-0.39, 0.29) is 5.91 Å². The van der Waals surface area contributed by atoms with Crippen LogP contribution in [0.2, 0.25) is 0 Å². The summed E-state index contributed by atoms with van der Waals surface area (Å²) in [5.41, 5.74) is 5.42. The minimum absolute atomic E-state index is 0.146. The summed E-state index contributed by atoms with van der Waals surface area (Å²) in [5.74, 6) is 0.146. The van der Waals surface area contributed by atoms with Gasteiger partial charge in [-0.1, -0.05) is 42.0 Å². The molecule has 1 amide bonds. The van der Waals surface area contributed by atoms with Gasteiger partial charge in [0.15, 0.2) is 5.13 Å². The van der Waals surface area contributed by atoms with Crippen molar-refractivity contribution in [1.82, 2.24) is 9.88 Å². The topological polar surface area (TPSA) is 36.4 Å². The van der Waals surface area contributed by atoms with Crippen molar-refractivity contribution in [2.24, 2.45) is 0 Å². The van der Waals surface area contributed by atoms with Gasteiger partial charge in [-0.2, -0.15) is 0 Å². The molecular formula is C22H25N3OS. The quantitative estimate of drug-likeness (QED) is 0.675. The molecule has 3 aromatic rings. The first-order valence-corrected chi connectivity index (χ1v) is 10.4. The molecular weight excluding hydrogens is 354 g/mol. The Balaban J connectivity index is 1.47. The lowest BCUT2D eigenvalue weighted by Gasteiger charge is -2.34. The highest BCUT2D eigenvalue weighted by atomic mass is 32.1. The highest BCUT2D eigenvalue weighted by Crippen LogP contribution is 2.30. The van der Waals surface area contributed by atoms with Crippen molar-refractivity contribution in [3.63, 3.8) is 0 Å². The molecule has 0 unspecified atom stereocenters. The number of rotatable bonds is 3. The Bertz CT molecular complexity index is 986. The zero-order valence-corrected chi connectivity index (χ0v) is 17.0. The summed E-state index contributed by atoms with van der Waals surface area (Å²) >= 11 is 1.76. The van der Waals surface area contributed by atoms with Gasteiger partial charge in [0.2, 0.25) is 0 Å². The summed E-state index contributed by atoms with van der Waals surface area (Å²) in [7, 11) is 0. The molecule has 1 fully saturated rings. The zero-order valence-electron chi connectivity index (χ0n) is 16.2. The molecule has 0 radical (unpaired) electrons. The lowest BCUT2D eigenvalue weighted by molar-refractivity contribution is 0.0746. The van der Waals surface area contributed by atoms with Crippen molar-refractivity contribution in [2.45, 2.75) is 27.2 Å². The van der Waals surface area contributed by atoms with E-state index < -0.39 is 0 Å². The summed E-state index contributed by atoms with van der Waals surface area (Å²) in [6.45, 7) is 9.36. The van der Waals surface area contributed by atoms with Crippen LogP contribution in [0, 0.1) is 13.8 Å². The third-order valence-corrected chi connectivity index (χ3v) is 6.39. The number of aryl methyl sites for hydroxylation is 3. The number of carbonyl (C=O) groups excluding carboxylic acids is 1. The van der Waals surface area contributed by atoms with Gasteiger partial charge in [-0.3, -0.25) is 4.79 Å². The van der Waals surface area contributed by atoms with Crippen molar-refractivity contribution in [1.29, 1.82) is 0 Å². The van der Waals surface area contributed by atoms with E-state index in [4.69, 9.17) is 4.98 Å². The summed E-state index contributed by atoms with van der Waals surface area (Å²) < 4.78 is 1.25. The van der Waals surface area contributed by atoms with Gasteiger partial charge < -0.3 is 9.80 Å². The number of piperazine rings is 1. The highest BCUT2D eigenvalue weighted by Gasteiger charge is 2.24. The van der Waals surface area contributed by atoms with Crippen LogP contribution in [0.3, 0.4) is 0 Å². The first kappa shape index (κ1) is 18.0. The maximum atomic E-state index is 12.9. The first-order valence-electron chi connectivity index (χ1n) is 9.56. The van der Waals surface area contributed by atoms with Crippen LogP contribution in [0.5, 0.6) is 0 Å². The molecule has 1 aliphatic heterocycles. The Kier molecular flexibility index (Phi) is 4.87. The third-order valence-electron chi connectivity index (χ3n) is 5.31. The van der Waals surface area contributed by atoms with Gasteiger partial charge in [-0.15, -0.1) is 0 Å². The number of hydrogen-bond acceptors (Lipinski definition) is 4. The number of nitrogens with zero attached hydrogens (tertiary/aromatic N) is 3.